The van der Waals surface area contributed by atoms with Gasteiger partial charge >= 0.3 is 0 Å². The maximum absolute atomic E-state index is 12.3. The van der Waals surface area contributed by atoms with Gasteiger partial charge in [0.25, 0.3) is 0 Å². The SMILES string of the molecule is CC(=O)c1c(OCc2ccccc2)ccc2c1CC(C)(C)CC2. The normalized spacial score (nSPS) is 15.8. The van der Waals surface area contributed by atoms with E-state index in [2.05, 4.69) is 19.9 Å². The van der Waals surface area contributed by atoms with Crippen LogP contribution in [0.15, 0.2) is 42.5 Å². The number of Topliss-reactive ketones (excluding diaryl/α,β-unsaturated/α-hetero) is 1. The molecule has 0 N–H and O–H groups in total. The van der Waals surface area contributed by atoms with Crippen LogP contribution in [0.1, 0.15) is 54.2 Å². The number of ether oxygens (including phenoxy) is 1. The van der Waals surface area contributed by atoms with Gasteiger partial charge in [0.1, 0.15) is 12.4 Å². The molecule has 0 atom stereocenters. The Bertz CT molecular complexity index is 714. The molecule has 0 heterocycles. The third-order valence-electron chi connectivity index (χ3n) is 4.69. The molecule has 0 saturated carbocycles. The number of ketones is 1. The first-order chi connectivity index (χ1) is 11.0. The van der Waals surface area contributed by atoms with Gasteiger partial charge in [-0.25, -0.2) is 0 Å². The third kappa shape index (κ3) is 3.47. The van der Waals surface area contributed by atoms with Crippen molar-refractivity contribution in [3.8, 4) is 5.75 Å². The van der Waals surface area contributed by atoms with Gasteiger partial charge in [0.05, 0.1) is 5.56 Å². The zero-order valence-corrected chi connectivity index (χ0v) is 14.2. The molecular weight excluding hydrogens is 284 g/mol. The van der Waals surface area contributed by atoms with Gasteiger partial charge in [0.2, 0.25) is 0 Å². The van der Waals surface area contributed by atoms with E-state index in [1.807, 2.05) is 36.4 Å². The van der Waals surface area contributed by atoms with Crippen molar-refractivity contribution in [1.29, 1.82) is 0 Å². The molecule has 0 fully saturated rings. The summed E-state index contributed by atoms with van der Waals surface area (Å²) in [6, 6.07) is 14.2. The highest BCUT2D eigenvalue weighted by atomic mass is 16.5. The lowest BCUT2D eigenvalue weighted by Crippen LogP contribution is -2.24. The molecule has 120 valence electrons. The van der Waals surface area contributed by atoms with Gasteiger partial charge in [-0.15, -0.1) is 0 Å². The molecule has 3 rings (SSSR count). The molecule has 0 saturated heterocycles. The molecule has 0 radical (unpaired) electrons. The van der Waals surface area contributed by atoms with Crippen LogP contribution in [0.25, 0.3) is 0 Å². The van der Waals surface area contributed by atoms with E-state index < -0.39 is 0 Å². The fraction of sp³-hybridized carbons (Fsp3) is 0.381. The Morgan fingerprint density at radius 3 is 2.57 bits per heavy atom. The average molecular weight is 308 g/mol. The monoisotopic (exact) mass is 308 g/mol. The van der Waals surface area contributed by atoms with Crippen molar-refractivity contribution in [1.82, 2.24) is 0 Å². The molecule has 2 heteroatoms. The standard InChI is InChI=1S/C21H24O2/c1-15(22)20-18-13-21(2,3)12-11-17(18)9-10-19(20)23-14-16-7-5-4-6-8-16/h4-10H,11-14H2,1-3H3. The largest absolute Gasteiger partial charge is 0.488 e. The number of benzene rings is 2. The Labute approximate surface area is 138 Å². The number of carbonyl (C=O) groups excluding carboxylic acids is 1. The van der Waals surface area contributed by atoms with Crippen molar-refractivity contribution >= 4 is 5.78 Å². The first kappa shape index (κ1) is 15.8. The van der Waals surface area contributed by atoms with E-state index >= 15 is 0 Å². The fourth-order valence-electron chi connectivity index (χ4n) is 3.39. The summed E-state index contributed by atoms with van der Waals surface area (Å²) < 4.78 is 6.00. The summed E-state index contributed by atoms with van der Waals surface area (Å²) in [6.07, 6.45) is 3.16. The average Bonchev–Trinajstić information content (AvgIpc) is 2.52. The number of carbonyl (C=O) groups is 1. The van der Waals surface area contributed by atoms with E-state index in [-0.39, 0.29) is 11.2 Å². The lowest BCUT2D eigenvalue weighted by molar-refractivity contribution is 0.101. The van der Waals surface area contributed by atoms with Crippen molar-refractivity contribution < 1.29 is 9.53 Å². The van der Waals surface area contributed by atoms with Crippen molar-refractivity contribution in [2.75, 3.05) is 0 Å². The third-order valence-corrected chi connectivity index (χ3v) is 4.69. The molecule has 1 aliphatic carbocycles. The van der Waals surface area contributed by atoms with Crippen LogP contribution < -0.4 is 4.74 Å². The first-order valence-electron chi connectivity index (χ1n) is 8.29. The molecule has 0 amide bonds. The van der Waals surface area contributed by atoms with Crippen LogP contribution in [-0.2, 0) is 19.4 Å². The predicted molar refractivity (Wildman–Crippen MR) is 93.0 cm³/mol. The molecule has 0 aromatic heterocycles. The molecule has 2 nitrogen and oxygen atoms in total. The van der Waals surface area contributed by atoms with Gasteiger partial charge in [0.15, 0.2) is 5.78 Å². The van der Waals surface area contributed by atoms with Crippen molar-refractivity contribution in [3.63, 3.8) is 0 Å². The number of fused-ring (bicyclic) bond motifs is 1. The van der Waals surface area contributed by atoms with Crippen LogP contribution in [0.2, 0.25) is 0 Å². The second-order valence-electron chi connectivity index (χ2n) is 7.25. The molecule has 0 spiro atoms. The number of rotatable bonds is 4. The number of hydrogen-bond donors (Lipinski definition) is 0. The lowest BCUT2D eigenvalue weighted by Gasteiger charge is -2.33. The fourth-order valence-corrected chi connectivity index (χ4v) is 3.39. The molecule has 0 bridgehead atoms. The van der Waals surface area contributed by atoms with E-state index in [9.17, 15) is 4.79 Å². The molecule has 2 aromatic carbocycles. The Hall–Kier alpha value is -2.09. The van der Waals surface area contributed by atoms with Crippen molar-refractivity contribution in [2.24, 2.45) is 5.41 Å². The first-order valence-corrected chi connectivity index (χ1v) is 8.29. The highest BCUT2D eigenvalue weighted by molar-refractivity contribution is 5.98. The van der Waals surface area contributed by atoms with E-state index in [4.69, 9.17) is 4.74 Å². The van der Waals surface area contributed by atoms with Crippen molar-refractivity contribution in [2.45, 2.75) is 46.6 Å². The van der Waals surface area contributed by atoms with E-state index in [1.165, 1.54) is 17.5 Å². The quantitative estimate of drug-likeness (QED) is 0.744. The van der Waals surface area contributed by atoms with Crippen LogP contribution in [0.3, 0.4) is 0 Å². The molecular formula is C21H24O2. The summed E-state index contributed by atoms with van der Waals surface area (Å²) in [5.74, 6) is 0.820. The van der Waals surface area contributed by atoms with Crippen molar-refractivity contribution in [3.05, 3.63) is 64.7 Å². The predicted octanol–water partition coefficient (Wildman–Crippen LogP) is 4.98. The van der Waals surface area contributed by atoms with Crippen LogP contribution in [0.4, 0.5) is 0 Å². The highest BCUT2D eigenvalue weighted by Crippen LogP contribution is 2.39. The van der Waals surface area contributed by atoms with Gasteiger partial charge in [-0.3, -0.25) is 4.79 Å². The van der Waals surface area contributed by atoms with Crippen LogP contribution in [0.5, 0.6) is 5.75 Å². The number of aryl methyl sites for hydroxylation is 1. The molecule has 0 aliphatic heterocycles. The van der Waals surface area contributed by atoms with Crippen LogP contribution >= 0.6 is 0 Å². The maximum Gasteiger partial charge on any atom is 0.163 e. The van der Waals surface area contributed by atoms with E-state index in [0.717, 1.165) is 29.7 Å². The molecule has 0 unspecified atom stereocenters. The van der Waals surface area contributed by atoms with Crippen LogP contribution in [0, 0.1) is 5.41 Å². The smallest absolute Gasteiger partial charge is 0.163 e. The Kier molecular flexibility index (Phi) is 4.25. The Morgan fingerprint density at radius 1 is 1.13 bits per heavy atom. The summed E-state index contributed by atoms with van der Waals surface area (Å²) in [7, 11) is 0. The molecule has 1 aliphatic rings. The van der Waals surface area contributed by atoms with E-state index in [0.29, 0.717) is 6.61 Å². The highest BCUT2D eigenvalue weighted by Gasteiger charge is 2.29. The van der Waals surface area contributed by atoms with Crippen LogP contribution in [-0.4, -0.2) is 5.78 Å². The second kappa shape index (κ2) is 6.19. The minimum absolute atomic E-state index is 0.0996. The van der Waals surface area contributed by atoms with Gasteiger partial charge in [-0.05, 0) is 54.4 Å². The Balaban J connectivity index is 1.93. The molecule has 2 aromatic rings. The minimum atomic E-state index is 0.0996. The minimum Gasteiger partial charge on any atom is -0.488 e. The summed E-state index contributed by atoms with van der Waals surface area (Å²) in [5.41, 5.74) is 4.64. The number of hydrogen-bond acceptors (Lipinski definition) is 2. The summed E-state index contributed by atoms with van der Waals surface area (Å²) in [5, 5.41) is 0. The summed E-state index contributed by atoms with van der Waals surface area (Å²) in [4.78, 5) is 12.3. The zero-order chi connectivity index (χ0) is 16.4. The maximum atomic E-state index is 12.3. The van der Waals surface area contributed by atoms with Gasteiger partial charge < -0.3 is 4.74 Å². The topological polar surface area (TPSA) is 26.3 Å². The summed E-state index contributed by atoms with van der Waals surface area (Å²) >= 11 is 0. The second-order valence-corrected chi connectivity index (χ2v) is 7.25. The zero-order valence-electron chi connectivity index (χ0n) is 14.2. The van der Waals surface area contributed by atoms with E-state index in [1.54, 1.807) is 6.92 Å². The Morgan fingerprint density at radius 2 is 1.87 bits per heavy atom. The van der Waals surface area contributed by atoms with Gasteiger partial charge in [0, 0.05) is 0 Å². The van der Waals surface area contributed by atoms with Gasteiger partial charge in [-0.1, -0.05) is 50.2 Å². The lowest BCUT2D eigenvalue weighted by atomic mass is 9.72. The van der Waals surface area contributed by atoms with Gasteiger partial charge in [-0.2, -0.15) is 0 Å². The molecule has 23 heavy (non-hydrogen) atoms. The summed E-state index contributed by atoms with van der Waals surface area (Å²) in [6.45, 7) is 6.69.